The zero-order chi connectivity index (χ0) is 11.6. The first-order chi connectivity index (χ1) is 6.93. The summed E-state index contributed by atoms with van der Waals surface area (Å²) >= 11 is 0. The number of carbonyl (C=O) groups excluding carboxylic acids is 1. The van der Waals surface area contributed by atoms with Crippen molar-refractivity contribution in [1.29, 1.82) is 0 Å². The van der Waals surface area contributed by atoms with Crippen molar-refractivity contribution < 1.29 is 13.6 Å². The number of nitrogens with zero attached hydrogens (tertiary/aromatic N) is 1. The van der Waals surface area contributed by atoms with Crippen molar-refractivity contribution in [3.05, 3.63) is 35.4 Å². The molecule has 0 radical (unpaired) electrons. The number of ketones is 1. The Labute approximate surface area is 87.5 Å². The fraction of sp³-hybridized carbons (Fsp3) is 0.364. The lowest BCUT2D eigenvalue weighted by Gasteiger charge is -2.22. The highest BCUT2D eigenvalue weighted by atomic mass is 19.1. The lowest BCUT2D eigenvalue weighted by Crippen LogP contribution is -2.27. The van der Waals surface area contributed by atoms with E-state index in [0.29, 0.717) is 0 Å². The van der Waals surface area contributed by atoms with Gasteiger partial charge in [-0.3, -0.25) is 9.69 Å². The number of rotatable bonds is 3. The van der Waals surface area contributed by atoms with Gasteiger partial charge in [-0.1, -0.05) is 0 Å². The molecule has 1 rings (SSSR count). The number of hydrogen-bond donors (Lipinski definition) is 0. The normalized spacial score (nSPS) is 12.9. The van der Waals surface area contributed by atoms with Crippen LogP contribution in [0.15, 0.2) is 18.2 Å². The summed E-state index contributed by atoms with van der Waals surface area (Å²) in [5.41, 5.74) is 0.0764. The molecule has 0 fully saturated rings. The number of likely N-dealkylation sites (N-methyl/N-ethyl adjacent to an activating group) is 1. The smallest absolute Gasteiger partial charge is 0.151 e. The van der Waals surface area contributed by atoms with Crippen LogP contribution in [0.5, 0.6) is 0 Å². The minimum Gasteiger partial charge on any atom is -0.298 e. The van der Waals surface area contributed by atoms with Crippen LogP contribution in [0.4, 0.5) is 8.78 Å². The lowest BCUT2D eigenvalue weighted by atomic mass is 10.0. The largest absolute Gasteiger partial charge is 0.298 e. The highest BCUT2D eigenvalue weighted by molar-refractivity contribution is 5.82. The van der Waals surface area contributed by atoms with E-state index < -0.39 is 17.7 Å². The first kappa shape index (κ1) is 11.8. The maximum absolute atomic E-state index is 13.4. The second-order valence-electron chi connectivity index (χ2n) is 3.64. The summed E-state index contributed by atoms with van der Waals surface area (Å²) in [6, 6.07) is 2.39. The molecule has 1 aromatic rings. The summed E-state index contributed by atoms with van der Waals surface area (Å²) < 4.78 is 26.3. The van der Waals surface area contributed by atoms with Gasteiger partial charge in [0, 0.05) is 5.56 Å². The third kappa shape index (κ3) is 2.59. The van der Waals surface area contributed by atoms with Crippen molar-refractivity contribution in [3.8, 4) is 0 Å². The van der Waals surface area contributed by atoms with Gasteiger partial charge in [0.1, 0.15) is 11.6 Å². The molecule has 2 nitrogen and oxygen atoms in total. The Bertz CT molecular complexity index is 377. The molecule has 0 aliphatic heterocycles. The van der Waals surface area contributed by atoms with Gasteiger partial charge in [0.15, 0.2) is 5.78 Å². The molecule has 0 amide bonds. The van der Waals surface area contributed by atoms with Crippen LogP contribution in [0.2, 0.25) is 0 Å². The van der Waals surface area contributed by atoms with Crippen LogP contribution >= 0.6 is 0 Å². The first-order valence-corrected chi connectivity index (χ1v) is 4.55. The second-order valence-corrected chi connectivity index (χ2v) is 3.64. The van der Waals surface area contributed by atoms with Crippen LogP contribution < -0.4 is 0 Å². The molecule has 0 spiro atoms. The van der Waals surface area contributed by atoms with Crippen LogP contribution in [0, 0.1) is 11.6 Å². The second kappa shape index (κ2) is 4.49. The Morgan fingerprint density at radius 2 is 1.93 bits per heavy atom. The van der Waals surface area contributed by atoms with Crippen LogP contribution in [0.1, 0.15) is 18.5 Å². The highest BCUT2D eigenvalue weighted by Crippen LogP contribution is 2.23. The van der Waals surface area contributed by atoms with Gasteiger partial charge in [-0.05, 0) is 39.2 Å². The molecule has 1 aromatic carbocycles. The van der Waals surface area contributed by atoms with E-state index in [9.17, 15) is 13.6 Å². The Morgan fingerprint density at radius 3 is 2.40 bits per heavy atom. The summed E-state index contributed by atoms with van der Waals surface area (Å²) in [6.07, 6.45) is 0. The van der Waals surface area contributed by atoms with Gasteiger partial charge in [0.2, 0.25) is 0 Å². The summed E-state index contributed by atoms with van der Waals surface area (Å²) in [5, 5.41) is 0. The van der Waals surface area contributed by atoms with E-state index in [0.717, 1.165) is 18.2 Å². The average Bonchev–Trinajstić information content (AvgIpc) is 2.10. The van der Waals surface area contributed by atoms with Gasteiger partial charge in [-0.2, -0.15) is 0 Å². The number of Topliss-reactive ketones (excluding diaryl/α,β-unsaturated/α-hetero) is 1. The van der Waals surface area contributed by atoms with Crippen LogP contribution in [-0.4, -0.2) is 24.8 Å². The molecule has 0 saturated heterocycles. The third-order valence-corrected chi connectivity index (χ3v) is 2.15. The van der Waals surface area contributed by atoms with Gasteiger partial charge in [-0.25, -0.2) is 8.78 Å². The maximum Gasteiger partial charge on any atom is 0.151 e. The van der Waals surface area contributed by atoms with Crippen molar-refractivity contribution in [1.82, 2.24) is 4.90 Å². The van der Waals surface area contributed by atoms with Gasteiger partial charge >= 0.3 is 0 Å². The summed E-state index contributed by atoms with van der Waals surface area (Å²) in [6.45, 7) is 1.36. The molecule has 0 aromatic heterocycles. The van der Waals surface area contributed by atoms with E-state index in [4.69, 9.17) is 0 Å². The lowest BCUT2D eigenvalue weighted by molar-refractivity contribution is -0.121. The fourth-order valence-electron chi connectivity index (χ4n) is 1.58. The van der Waals surface area contributed by atoms with Crippen molar-refractivity contribution >= 4 is 5.78 Å². The zero-order valence-electron chi connectivity index (χ0n) is 8.92. The highest BCUT2D eigenvalue weighted by Gasteiger charge is 2.22. The zero-order valence-corrected chi connectivity index (χ0v) is 8.92. The fourth-order valence-corrected chi connectivity index (χ4v) is 1.58. The van der Waals surface area contributed by atoms with E-state index in [1.54, 1.807) is 19.0 Å². The SMILES string of the molecule is CC(=O)C(c1cc(F)ccc1F)N(C)C. The molecule has 0 bridgehead atoms. The molecule has 0 N–H and O–H groups in total. The van der Waals surface area contributed by atoms with Gasteiger partial charge in [0.05, 0.1) is 6.04 Å². The van der Waals surface area contributed by atoms with Crippen molar-refractivity contribution in [2.75, 3.05) is 14.1 Å². The van der Waals surface area contributed by atoms with Gasteiger partial charge in [-0.15, -0.1) is 0 Å². The average molecular weight is 213 g/mol. The van der Waals surface area contributed by atoms with Crippen molar-refractivity contribution in [2.45, 2.75) is 13.0 Å². The molecule has 1 unspecified atom stereocenters. The maximum atomic E-state index is 13.4. The van der Waals surface area contributed by atoms with Gasteiger partial charge < -0.3 is 0 Å². The molecular weight excluding hydrogens is 200 g/mol. The molecular formula is C11H13F2NO. The molecule has 82 valence electrons. The topological polar surface area (TPSA) is 20.3 Å². The van der Waals surface area contributed by atoms with Crippen LogP contribution in [0.25, 0.3) is 0 Å². The molecule has 0 saturated carbocycles. The van der Waals surface area contributed by atoms with Gasteiger partial charge in [0.25, 0.3) is 0 Å². The third-order valence-electron chi connectivity index (χ3n) is 2.15. The predicted octanol–water partition coefficient (Wildman–Crippen LogP) is 2.16. The van der Waals surface area contributed by atoms with E-state index >= 15 is 0 Å². The quantitative estimate of drug-likeness (QED) is 0.766. The molecule has 15 heavy (non-hydrogen) atoms. The summed E-state index contributed by atoms with van der Waals surface area (Å²) in [5.74, 6) is -1.32. The molecule has 0 aliphatic rings. The monoisotopic (exact) mass is 213 g/mol. The Balaban J connectivity index is 3.22. The summed E-state index contributed by atoms with van der Waals surface area (Å²) in [7, 11) is 3.30. The summed E-state index contributed by atoms with van der Waals surface area (Å²) in [4.78, 5) is 12.9. The standard InChI is InChI=1S/C11H13F2NO/c1-7(15)11(14(2)3)9-6-8(12)4-5-10(9)13/h4-6,11H,1-3H3. The first-order valence-electron chi connectivity index (χ1n) is 4.55. The Kier molecular flexibility index (Phi) is 3.52. The van der Waals surface area contributed by atoms with Crippen molar-refractivity contribution in [3.63, 3.8) is 0 Å². The minimum absolute atomic E-state index is 0.0764. The van der Waals surface area contributed by atoms with E-state index in [2.05, 4.69) is 0 Å². The molecule has 1 atom stereocenters. The van der Waals surface area contributed by atoms with Crippen LogP contribution in [0.3, 0.4) is 0 Å². The number of hydrogen-bond acceptors (Lipinski definition) is 2. The van der Waals surface area contributed by atoms with Crippen molar-refractivity contribution in [2.24, 2.45) is 0 Å². The Morgan fingerprint density at radius 1 is 1.33 bits per heavy atom. The molecule has 0 heterocycles. The van der Waals surface area contributed by atoms with Crippen LogP contribution in [-0.2, 0) is 4.79 Å². The Hall–Kier alpha value is -1.29. The number of benzene rings is 1. The minimum atomic E-state index is -0.735. The number of halogens is 2. The van der Waals surface area contributed by atoms with E-state index in [-0.39, 0.29) is 11.3 Å². The van der Waals surface area contributed by atoms with E-state index in [1.807, 2.05) is 0 Å². The predicted molar refractivity (Wildman–Crippen MR) is 53.5 cm³/mol. The van der Waals surface area contributed by atoms with E-state index in [1.165, 1.54) is 6.92 Å². The molecule has 0 aliphatic carbocycles. The molecule has 4 heteroatoms. The number of carbonyl (C=O) groups is 1.